The standard InChI is InChI=1S/C15H17FN4O2/c16-12-4-2-1-3-10(12)7-14(21)17-8-11-5-6-13(22-11)15-18-9-19-20-15/h1-4,9,11,13H,5-8H2,(H,17,21)(H,18,19,20)/t11-,13+/m1/s1. The van der Waals surface area contributed by atoms with Gasteiger partial charge in [-0.05, 0) is 24.5 Å². The number of rotatable bonds is 5. The molecule has 0 saturated carbocycles. The van der Waals surface area contributed by atoms with E-state index in [0.29, 0.717) is 17.9 Å². The molecule has 0 bridgehead atoms. The largest absolute Gasteiger partial charge is 0.365 e. The van der Waals surface area contributed by atoms with Gasteiger partial charge in [-0.15, -0.1) is 0 Å². The van der Waals surface area contributed by atoms with Crippen LogP contribution in [0.1, 0.15) is 30.3 Å². The van der Waals surface area contributed by atoms with E-state index in [4.69, 9.17) is 4.74 Å². The second kappa shape index (κ2) is 6.65. The molecule has 1 saturated heterocycles. The minimum Gasteiger partial charge on any atom is -0.365 e. The Labute approximate surface area is 127 Å². The normalized spacial score (nSPS) is 21.0. The summed E-state index contributed by atoms with van der Waals surface area (Å²) in [6.45, 7) is 0.415. The molecule has 22 heavy (non-hydrogen) atoms. The highest BCUT2D eigenvalue weighted by atomic mass is 19.1. The lowest BCUT2D eigenvalue weighted by Gasteiger charge is -2.13. The molecule has 1 aromatic heterocycles. The summed E-state index contributed by atoms with van der Waals surface area (Å²) in [6, 6.07) is 6.28. The van der Waals surface area contributed by atoms with Crippen LogP contribution in [0.3, 0.4) is 0 Å². The lowest BCUT2D eigenvalue weighted by Crippen LogP contribution is -2.33. The van der Waals surface area contributed by atoms with Crippen LogP contribution in [0.5, 0.6) is 0 Å². The smallest absolute Gasteiger partial charge is 0.224 e. The molecule has 2 heterocycles. The Morgan fingerprint density at radius 3 is 3.05 bits per heavy atom. The molecule has 2 atom stereocenters. The molecular weight excluding hydrogens is 287 g/mol. The van der Waals surface area contributed by atoms with Crippen molar-refractivity contribution >= 4 is 5.91 Å². The van der Waals surface area contributed by atoms with Crippen molar-refractivity contribution in [3.05, 3.63) is 47.8 Å². The van der Waals surface area contributed by atoms with Crippen molar-refractivity contribution in [2.45, 2.75) is 31.5 Å². The van der Waals surface area contributed by atoms with E-state index in [9.17, 15) is 9.18 Å². The summed E-state index contributed by atoms with van der Waals surface area (Å²) in [5, 5.41) is 9.38. The first-order valence-corrected chi connectivity index (χ1v) is 7.23. The molecule has 3 rings (SSSR count). The second-order valence-electron chi connectivity index (χ2n) is 5.27. The van der Waals surface area contributed by atoms with Gasteiger partial charge in [0.2, 0.25) is 5.91 Å². The summed E-state index contributed by atoms with van der Waals surface area (Å²) in [5.41, 5.74) is 0.395. The number of hydrogen-bond donors (Lipinski definition) is 2. The van der Waals surface area contributed by atoms with E-state index in [1.165, 1.54) is 12.4 Å². The molecule has 2 N–H and O–H groups in total. The highest BCUT2D eigenvalue weighted by molar-refractivity contribution is 5.78. The number of H-pyrrole nitrogens is 1. The molecule has 0 radical (unpaired) electrons. The van der Waals surface area contributed by atoms with Gasteiger partial charge in [-0.2, -0.15) is 5.10 Å². The number of nitrogens with zero attached hydrogens (tertiary/aromatic N) is 2. The lowest BCUT2D eigenvalue weighted by molar-refractivity contribution is -0.121. The third kappa shape index (κ3) is 3.48. The summed E-state index contributed by atoms with van der Waals surface area (Å²) < 4.78 is 19.3. The molecule has 0 spiro atoms. The molecule has 1 aromatic carbocycles. The third-order valence-electron chi connectivity index (χ3n) is 3.68. The van der Waals surface area contributed by atoms with E-state index in [1.54, 1.807) is 18.2 Å². The maximum absolute atomic E-state index is 13.5. The Balaban J connectivity index is 1.45. The molecular formula is C15H17FN4O2. The Bertz CT molecular complexity index is 632. The van der Waals surface area contributed by atoms with Crippen LogP contribution in [0.25, 0.3) is 0 Å². The van der Waals surface area contributed by atoms with Gasteiger partial charge in [-0.3, -0.25) is 9.89 Å². The van der Waals surface area contributed by atoms with Gasteiger partial charge in [0, 0.05) is 6.54 Å². The van der Waals surface area contributed by atoms with E-state index in [1.807, 2.05) is 0 Å². The maximum Gasteiger partial charge on any atom is 0.224 e. The summed E-state index contributed by atoms with van der Waals surface area (Å²) in [6.07, 6.45) is 3.00. The van der Waals surface area contributed by atoms with Crippen molar-refractivity contribution in [2.75, 3.05) is 6.54 Å². The number of benzene rings is 1. The maximum atomic E-state index is 13.5. The van der Waals surface area contributed by atoms with Crippen molar-refractivity contribution in [3.63, 3.8) is 0 Å². The Hall–Kier alpha value is -2.28. The van der Waals surface area contributed by atoms with Gasteiger partial charge in [-0.1, -0.05) is 18.2 Å². The summed E-state index contributed by atoms with van der Waals surface area (Å²) >= 11 is 0. The van der Waals surface area contributed by atoms with Crippen LogP contribution in [0, 0.1) is 5.82 Å². The fraction of sp³-hybridized carbons (Fsp3) is 0.400. The number of aromatic amines is 1. The predicted octanol–water partition coefficient (Wildman–Crippen LogP) is 1.52. The van der Waals surface area contributed by atoms with E-state index in [2.05, 4.69) is 20.5 Å². The predicted molar refractivity (Wildman–Crippen MR) is 76.3 cm³/mol. The van der Waals surface area contributed by atoms with Crippen molar-refractivity contribution in [2.24, 2.45) is 0 Å². The average molecular weight is 304 g/mol. The van der Waals surface area contributed by atoms with Crippen molar-refractivity contribution < 1.29 is 13.9 Å². The molecule has 1 aliphatic rings. The first kappa shape index (κ1) is 14.6. The molecule has 1 amide bonds. The average Bonchev–Trinajstić information content (AvgIpc) is 3.18. The zero-order valence-corrected chi connectivity index (χ0v) is 12.0. The lowest BCUT2D eigenvalue weighted by atomic mass is 10.1. The topological polar surface area (TPSA) is 79.9 Å². The van der Waals surface area contributed by atoms with Crippen LogP contribution in [0.2, 0.25) is 0 Å². The van der Waals surface area contributed by atoms with Gasteiger partial charge in [0.25, 0.3) is 0 Å². The zero-order valence-electron chi connectivity index (χ0n) is 12.0. The monoisotopic (exact) mass is 304 g/mol. The van der Waals surface area contributed by atoms with Gasteiger partial charge in [0.05, 0.1) is 12.5 Å². The highest BCUT2D eigenvalue weighted by Crippen LogP contribution is 2.29. The molecule has 0 unspecified atom stereocenters. The van der Waals surface area contributed by atoms with Gasteiger partial charge in [-0.25, -0.2) is 9.37 Å². The molecule has 7 heteroatoms. The van der Waals surface area contributed by atoms with Gasteiger partial charge in [0.1, 0.15) is 18.2 Å². The second-order valence-corrected chi connectivity index (χ2v) is 5.27. The molecule has 116 valence electrons. The van der Waals surface area contributed by atoms with Crippen molar-refractivity contribution in [3.8, 4) is 0 Å². The zero-order chi connectivity index (χ0) is 15.4. The van der Waals surface area contributed by atoms with Gasteiger partial charge >= 0.3 is 0 Å². The summed E-state index contributed by atoms with van der Waals surface area (Å²) in [7, 11) is 0. The Morgan fingerprint density at radius 2 is 2.27 bits per heavy atom. The van der Waals surface area contributed by atoms with E-state index in [0.717, 1.165) is 12.8 Å². The molecule has 6 nitrogen and oxygen atoms in total. The van der Waals surface area contributed by atoms with E-state index >= 15 is 0 Å². The van der Waals surface area contributed by atoms with Crippen LogP contribution in [0.4, 0.5) is 4.39 Å². The fourth-order valence-corrected chi connectivity index (χ4v) is 2.53. The molecule has 2 aromatic rings. The van der Waals surface area contributed by atoms with Crippen LogP contribution in [-0.4, -0.2) is 33.7 Å². The van der Waals surface area contributed by atoms with E-state index in [-0.39, 0.29) is 30.4 Å². The minimum atomic E-state index is -0.361. The number of halogens is 1. The Kier molecular flexibility index (Phi) is 4.43. The summed E-state index contributed by atoms with van der Waals surface area (Å²) in [4.78, 5) is 15.9. The fourth-order valence-electron chi connectivity index (χ4n) is 2.53. The first-order chi connectivity index (χ1) is 10.7. The van der Waals surface area contributed by atoms with Crippen LogP contribution >= 0.6 is 0 Å². The van der Waals surface area contributed by atoms with Crippen LogP contribution < -0.4 is 5.32 Å². The first-order valence-electron chi connectivity index (χ1n) is 7.23. The number of ether oxygens (including phenoxy) is 1. The van der Waals surface area contributed by atoms with Crippen LogP contribution in [0.15, 0.2) is 30.6 Å². The third-order valence-corrected chi connectivity index (χ3v) is 3.68. The number of hydrogen-bond acceptors (Lipinski definition) is 4. The number of nitrogens with one attached hydrogen (secondary N) is 2. The van der Waals surface area contributed by atoms with E-state index < -0.39 is 0 Å². The summed E-state index contributed by atoms with van der Waals surface area (Å²) in [5.74, 6) is 0.136. The minimum absolute atomic E-state index is 0.0327. The highest BCUT2D eigenvalue weighted by Gasteiger charge is 2.28. The number of carbonyl (C=O) groups is 1. The van der Waals surface area contributed by atoms with Crippen LogP contribution in [-0.2, 0) is 16.0 Å². The quantitative estimate of drug-likeness (QED) is 0.878. The molecule has 1 fully saturated rings. The van der Waals surface area contributed by atoms with Gasteiger partial charge < -0.3 is 10.1 Å². The van der Waals surface area contributed by atoms with Crippen molar-refractivity contribution in [1.29, 1.82) is 0 Å². The molecule has 1 aliphatic heterocycles. The van der Waals surface area contributed by atoms with Gasteiger partial charge in [0.15, 0.2) is 5.82 Å². The SMILES string of the molecule is O=C(Cc1ccccc1F)NC[C@H]1CC[C@@H](c2ncn[nH]2)O1. The number of carbonyl (C=O) groups excluding carboxylic acids is 1. The number of aromatic nitrogens is 3. The molecule has 0 aliphatic carbocycles. The van der Waals surface area contributed by atoms with Crippen molar-refractivity contribution in [1.82, 2.24) is 20.5 Å². The Morgan fingerprint density at radius 1 is 1.41 bits per heavy atom. The number of amides is 1.